The number of guanidine groups is 1. The van der Waals surface area contributed by atoms with Crippen LogP contribution in [-0.4, -0.2) is 66.4 Å². The summed E-state index contributed by atoms with van der Waals surface area (Å²) < 4.78 is 10.0. The van der Waals surface area contributed by atoms with Gasteiger partial charge in [-0.05, 0) is 37.1 Å². The summed E-state index contributed by atoms with van der Waals surface area (Å²) in [6.07, 6.45) is 1.52. The summed E-state index contributed by atoms with van der Waals surface area (Å²) >= 11 is 0. The Morgan fingerprint density at radius 2 is 2.00 bits per heavy atom. The van der Waals surface area contributed by atoms with Crippen molar-refractivity contribution < 1.29 is 14.3 Å². The van der Waals surface area contributed by atoms with Crippen LogP contribution < -0.4 is 10.1 Å². The molecule has 9 nitrogen and oxygen atoms in total. The van der Waals surface area contributed by atoms with E-state index in [1.54, 1.807) is 14.2 Å². The van der Waals surface area contributed by atoms with Gasteiger partial charge in [0.2, 0.25) is 0 Å². The number of esters is 1. The highest BCUT2D eigenvalue weighted by Crippen LogP contribution is 2.20. The molecule has 0 bridgehead atoms. The number of nitrogens with zero attached hydrogens (tertiary/aromatic N) is 4. The van der Waals surface area contributed by atoms with E-state index >= 15 is 0 Å². The Balaban J connectivity index is 1.54. The molecule has 0 atom stereocenters. The average molecular weight is 386 g/mol. The zero-order chi connectivity index (χ0) is 19.9. The molecule has 1 fully saturated rings. The third kappa shape index (κ3) is 4.59. The van der Waals surface area contributed by atoms with Gasteiger partial charge in [0, 0.05) is 25.7 Å². The predicted molar refractivity (Wildman–Crippen MR) is 105 cm³/mol. The normalized spacial score (nSPS) is 15.4. The number of H-pyrrole nitrogens is 1. The van der Waals surface area contributed by atoms with Crippen molar-refractivity contribution in [1.29, 1.82) is 0 Å². The van der Waals surface area contributed by atoms with Crippen molar-refractivity contribution in [3.63, 3.8) is 0 Å². The van der Waals surface area contributed by atoms with Crippen LogP contribution in [0.3, 0.4) is 0 Å². The number of rotatable bonds is 5. The maximum absolute atomic E-state index is 11.7. The van der Waals surface area contributed by atoms with Crippen molar-refractivity contribution in [2.24, 2.45) is 10.9 Å². The highest BCUT2D eigenvalue weighted by Gasteiger charge is 2.27. The minimum atomic E-state index is -0.129. The molecule has 150 valence electrons. The first-order valence-electron chi connectivity index (χ1n) is 9.23. The molecule has 28 heavy (non-hydrogen) atoms. The number of piperidine rings is 1. The van der Waals surface area contributed by atoms with Crippen LogP contribution in [0.15, 0.2) is 29.3 Å². The molecule has 1 aliphatic heterocycles. The Bertz CT molecular complexity index is 809. The summed E-state index contributed by atoms with van der Waals surface area (Å²) in [6, 6.07) is 7.60. The topological polar surface area (TPSA) is 105 Å². The lowest BCUT2D eigenvalue weighted by molar-refractivity contribution is -0.146. The van der Waals surface area contributed by atoms with Gasteiger partial charge in [-0.2, -0.15) is 5.10 Å². The van der Waals surface area contributed by atoms with Crippen LogP contribution in [0, 0.1) is 5.92 Å². The zero-order valence-corrected chi connectivity index (χ0v) is 16.4. The lowest BCUT2D eigenvalue weighted by atomic mass is 9.97. The van der Waals surface area contributed by atoms with E-state index in [4.69, 9.17) is 9.47 Å². The molecule has 2 aromatic rings. The molecule has 0 saturated carbocycles. The first-order valence-corrected chi connectivity index (χ1v) is 9.23. The van der Waals surface area contributed by atoms with E-state index in [9.17, 15) is 4.79 Å². The summed E-state index contributed by atoms with van der Waals surface area (Å²) in [5.41, 5.74) is 0.914. The largest absolute Gasteiger partial charge is 0.497 e. The second-order valence-corrected chi connectivity index (χ2v) is 6.52. The Labute approximate surface area is 164 Å². The SMILES string of the molecule is CN=C(NCc1nc(-c2ccc(OC)cc2)n[nH]1)N1CCC(C(=O)OC)CC1. The van der Waals surface area contributed by atoms with Crippen molar-refractivity contribution in [3.05, 3.63) is 30.1 Å². The number of aliphatic imine (C=N–C) groups is 1. The van der Waals surface area contributed by atoms with E-state index < -0.39 is 0 Å². The number of methoxy groups -OCH3 is 2. The first-order chi connectivity index (χ1) is 13.6. The minimum absolute atomic E-state index is 0.0271. The van der Waals surface area contributed by atoms with Gasteiger partial charge in [-0.1, -0.05) is 0 Å². The van der Waals surface area contributed by atoms with E-state index in [2.05, 4.69) is 30.4 Å². The van der Waals surface area contributed by atoms with Gasteiger partial charge in [0.1, 0.15) is 11.6 Å². The van der Waals surface area contributed by atoms with Crippen molar-refractivity contribution in [3.8, 4) is 17.1 Å². The summed E-state index contributed by atoms with van der Waals surface area (Å²) in [7, 11) is 4.82. The molecule has 0 unspecified atom stereocenters. The van der Waals surface area contributed by atoms with E-state index in [0.29, 0.717) is 12.4 Å². The molecule has 9 heteroatoms. The Morgan fingerprint density at radius 3 is 2.61 bits per heavy atom. The quantitative estimate of drug-likeness (QED) is 0.455. The minimum Gasteiger partial charge on any atom is -0.497 e. The number of benzene rings is 1. The molecule has 1 aromatic carbocycles. The summed E-state index contributed by atoms with van der Waals surface area (Å²) in [6.45, 7) is 1.99. The number of ether oxygens (including phenoxy) is 2. The van der Waals surface area contributed by atoms with Gasteiger partial charge in [-0.3, -0.25) is 14.9 Å². The second-order valence-electron chi connectivity index (χ2n) is 6.52. The summed E-state index contributed by atoms with van der Waals surface area (Å²) in [5.74, 6) is 2.77. The van der Waals surface area contributed by atoms with E-state index in [-0.39, 0.29) is 11.9 Å². The average Bonchev–Trinajstić information content (AvgIpc) is 3.23. The fourth-order valence-electron chi connectivity index (χ4n) is 3.23. The molecule has 1 saturated heterocycles. The third-order valence-electron chi connectivity index (χ3n) is 4.83. The fraction of sp³-hybridized carbons (Fsp3) is 0.474. The monoisotopic (exact) mass is 386 g/mol. The van der Waals surface area contributed by atoms with Gasteiger partial charge in [-0.15, -0.1) is 0 Å². The van der Waals surface area contributed by atoms with Gasteiger partial charge in [-0.25, -0.2) is 4.98 Å². The molecular weight excluding hydrogens is 360 g/mol. The maximum atomic E-state index is 11.7. The molecule has 1 aliphatic rings. The van der Waals surface area contributed by atoms with Crippen LogP contribution >= 0.6 is 0 Å². The van der Waals surface area contributed by atoms with Crippen molar-refractivity contribution in [1.82, 2.24) is 25.4 Å². The van der Waals surface area contributed by atoms with Gasteiger partial charge >= 0.3 is 5.97 Å². The number of hydrogen-bond acceptors (Lipinski definition) is 6. The van der Waals surface area contributed by atoms with Crippen molar-refractivity contribution >= 4 is 11.9 Å². The Hall–Kier alpha value is -3.10. The molecule has 1 aromatic heterocycles. The summed E-state index contributed by atoms with van der Waals surface area (Å²) in [5, 5.41) is 10.5. The Kier molecular flexibility index (Phi) is 6.46. The number of aromatic nitrogens is 3. The highest BCUT2D eigenvalue weighted by molar-refractivity contribution is 5.80. The maximum Gasteiger partial charge on any atom is 0.308 e. The van der Waals surface area contributed by atoms with Gasteiger partial charge < -0.3 is 19.7 Å². The van der Waals surface area contributed by atoms with Crippen molar-refractivity contribution in [2.75, 3.05) is 34.4 Å². The number of hydrogen-bond donors (Lipinski definition) is 2. The van der Waals surface area contributed by atoms with Gasteiger partial charge in [0.05, 0.1) is 26.7 Å². The second kappa shape index (κ2) is 9.20. The fourth-order valence-corrected chi connectivity index (χ4v) is 3.23. The molecule has 0 aliphatic carbocycles. The third-order valence-corrected chi connectivity index (χ3v) is 4.83. The molecule has 0 radical (unpaired) electrons. The standard InChI is InChI=1S/C19H26N6O3/c1-20-19(25-10-8-14(9-11-25)18(26)28-3)21-12-16-22-17(24-23-16)13-4-6-15(27-2)7-5-13/h4-7,14H,8-12H2,1-3H3,(H,20,21)(H,22,23,24). The van der Waals surface area contributed by atoms with Gasteiger partial charge in [0.15, 0.2) is 11.8 Å². The molecule has 0 spiro atoms. The molecule has 2 N–H and O–H groups in total. The Morgan fingerprint density at radius 1 is 1.29 bits per heavy atom. The molecule has 0 amide bonds. The molecular formula is C19H26N6O3. The smallest absolute Gasteiger partial charge is 0.308 e. The number of carbonyl (C=O) groups excluding carboxylic acids is 1. The number of aromatic amines is 1. The van der Waals surface area contributed by atoms with E-state index in [1.165, 1.54) is 7.11 Å². The van der Waals surface area contributed by atoms with E-state index in [0.717, 1.165) is 49.0 Å². The predicted octanol–water partition coefficient (Wildman–Crippen LogP) is 1.44. The number of likely N-dealkylation sites (tertiary alicyclic amines) is 1. The highest BCUT2D eigenvalue weighted by atomic mass is 16.5. The summed E-state index contributed by atoms with van der Waals surface area (Å²) in [4.78, 5) is 22.7. The number of carbonyl (C=O) groups is 1. The zero-order valence-electron chi connectivity index (χ0n) is 16.4. The van der Waals surface area contributed by atoms with Crippen LogP contribution in [0.1, 0.15) is 18.7 Å². The molecule has 3 rings (SSSR count). The van der Waals surface area contributed by atoms with Crippen LogP contribution in [0.2, 0.25) is 0 Å². The van der Waals surface area contributed by atoms with Crippen LogP contribution in [0.5, 0.6) is 5.75 Å². The van der Waals surface area contributed by atoms with Crippen LogP contribution in [0.4, 0.5) is 0 Å². The lowest BCUT2D eigenvalue weighted by Gasteiger charge is -2.33. The van der Waals surface area contributed by atoms with Crippen molar-refractivity contribution in [2.45, 2.75) is 19.4 Å². The van der Waals surface area contributed by atoms with Gasteiger partial charge in [0.25, 0.3) is 0 Å². The van der Waals surface area contributed by atoms with Crippen LogP contribution in [0.25, 0.3) is 11.4 Å². The lowest BCUT2D eigenvalue weighted by Crippen LogP contribution is -2.46. The van der Waals surface area contributed by atoms with E-state index in [1.807, 2.05) is 24.3 Å². The first kappa shape index (κ1) is 19.7. The van der Waals surface area contributed by atoms with Crippen LogP contribution in [-0.2, 0) is 16.1 Å². The number of nitrogens with one attached hydrogen (secondary N) is 2. The molecule has 2 heterocycles.